The molecule has 0 aliphatic rings. The lowest BCUT2D eigenvalue weighted by Gasteiger charge is -2.04. The summed E-state index contributed by atoms with van der Waals surface area (Å²) < 4.78 is 4.32. The van der Waals surface area contributed by atoms with Crippen LogP contribution >= 0.6 is 27.3 Å². The molecule has 17 heavy (non-hydrogen) atoms. The van der Waals surface area contributed by atoms with E-state index in [4.69, 9.17) is 0 Å². The number of halogens is 1. The molecule has 6 heteroatoms. The Morgan fingerprint density at radius 2 is 2.24 bits per heavy atom. The maximum absolute atomic E-state index is 12.1. The van der Waals surface area contributed by atoms with Gasteiger partial charge in [-0.05, 0) is 33.4 Å². The fourth-order valence-corrected chi connectivity index (χ4v) is 3.15. The molecule has 0 fully saturated rings. The van der Waals surface area contributed by atoms with Crippen molar-refractivity contribution in [1.82, 2.24) is 14.2 Å². The van der Waals surface area contributed by atoms with Crippen LogP contribution in [-0.2, 0) is 6.54 Å². The standard InChI is InChI=1S/C11H8BrN3OS/c12-8-2-6-17-10(8)7-14-4-5-15-9(11(14)16)1-3-13-15/h1-6H,7H2. The first kappa shape index (κ1) is 10.7. The number of hydrogen-bond acceptors (Lipinski definition) is 3. The maximum Gasteiger partial charge on any atom is 0.276 e. The summed E-state index contributed by atoms with van der Waals surface area (Å²) >= 11 is 5.10. The van der Waals surface area contributed by atoms with Crippen molar-refractivity contribution in [3.8, 4) is 0 Å². The van der Waals surface area contributed by atoms with Crippen LogP contribution in [0.4, 0.5) is 0 Å². The zero-order valence-electron chi connectivity index (χ0n) is 8.71. The van der Waals surface area contributed by atoms with Crippen molar-refractivity contribution in [3.63, 3.8) is 0 Å². The monoisotopic (exact) mass is 309 g/mol. The largest absolute Gasteiger partial charge is 0.307 e. The van der Waals surface area contributed by atoms with Crippen LogP contribution in [0.15, 0.2) is 45.4 Å². The fraction of sp³-hybridized carbons (Fsp3) is 0.0909. The summed E-state index contributed by atoms with van der Waals surface area (Å²) in [5, 5.41) is 6.03. The summed E-state index contributed by atoms with van der Waals surface area (Å²) in [7, 11) is 0. The van der Waals surface area contributed by atoms with Gasteiger partial charge in [0.2, 0.25) is 0 Å². The van der Waals surface area contributed by atoms with Gasteiger partial charge >= 0.3 is 0 Å². The van der Waals surface area contributed by atoms with E-state index in [1.807, 2.05) is 11.4 Å². The summed E-state index contributed by atoms with van der Waals surface area (Å²) in [5.74, 6) is 0. The van der Waals surface area contributed by atoms with Crippen molar-refractivity contribution in [3.05, 3.63) is 55.8 Å². The van der Waals surface area contributed by atoms with Crippen molar-refractivity contribution < 1.29 is 0 Å². The van der Waals surface area contributed by atoms with Crippen LogP contribution in [0.5, 0.6) is 0 Å². The predicted octanol–water partition coefficient (Wildman–Crippen LogP) is 2.37. The van der Waals surface area contributed by atoms with E-state index < -0.39 is 0 Å². The minimum atomic E-state index is -0.0229. The van der Waals surface area contributed by atoms with Gasteiger partial charge in [-0.3, -0.25) is 4.79 Å². The molecule has 3 aromatic rings. The molecule has 0 amide bonds. The summed E-state index contributed by atoms with van der Waals surface area (Å²) in [4.78, 5) is 13.3. The minimum absolute atomic E-state index is 0.0229. The van der Waals surface area contributed by atoms with Crippen molar-refractivity contribution in [2.75, 3.05) is 0 Å². The first-order valence-corrected chi connectivity index (χ1v) is 6.67. The number of nitrogens with zero attached hydrogens (tertiary/aromatic N) is 3. The van der Waals surface area contributed by atoms with Crippen molar-refractivity contribution in [2.24, 2.45) is 0 Å². The molecule has 0 saturated carbocycles. The Morgan fingerprint density at radius 1 is 1.35 bits per heavy atom. The van der Waals surface area contributed by atoms with Gasteiger partial charge in [0.05, 0.1) is 12.7 Å². The molecule has 0 radical (unpaired) electrons. The Bertz CT molecular complexity index is 727. The van der Waals surface area contributed by atoms with Gasteiger partial charge in [0.1, 0.15) is 5.52 Å². The fourth-order valence-electron chi connectivity index (χ4n) is 1.68. The average molecular weight is 310 g/mol. The lowest BCUT2D eigenvalue weighted by molar-refractivity contribution is 0.750. The summed E-state index contributed by atoms with van der Waals surface area (Å²) in [6.07, 6.45) is 5.18. The lowest BCUT2D eigenvalue weighted by Crippen LogP contribution is -2.21. The number of rotatable bonds is 2. The Balaban J connectivity index is 2.09. The SMILES string of the molecule is O=c1c2ccnn2ccn1Cc1sccc1Br. The molecule has 0 bridgehead atoms. The molecular formula is C11H8BrN3OS. The quantitative estimate of drug-likeness (QED) is 0.729. The van der Waals surface area contributed by atoms with E-state index in [0.29, 0.717) is 12.1 Å². The molecule has 0 atom stereocenters. The van der Waals surface area contributed by atoms with Crippen molar-refractivity contribution in [1.29, 1.82) is 0 Å². The lowest BCUT2D eigenvalue weighted by atomic mass is 10.4. The van der Waals surface area contributed by atoms with Crippen LogP contribution in [0.3, 0.4) is 0 Å². The molecule has 86 valence electrons. The van der Waals surface area contributed by atoms with E-state index >= 15 is 0 Å². The van der Waals surface area contributed by atoms with Crippen LogP contribution < -0.4 is 5.56 Å². The Kier molecular flexibility index (Phi) is 2.60. The van der Waals surface area contributed by atoms with Gasteiger partial charge in [0, 0.05) is 21.7 Å². The second-order valence-corrected chi connectivity index (χ2v) is 5.44. The molecule has 3 rings (SSSR count). The smallest absolute Gasteiger partial charge is 0.276 e. The average Bonchev–Trinajstić information content (AvgIpc) is 2.92. The van der Waals surface area contributed by atoms with Gasteiger partial charge in [0.25, 0.3) is 5.56 Å². The molecule has 3 heterocycles. The second-order valence-electron chi connectivity index (χ2n) is 3.58. The van der Waals surface area contributed by atoms with Gasteiger partial charge in [-0.2, -0.15) is 5.10 Å². The van der Waals surface area contributed by atoms with E-state index in [2.05, 4.69) is 21.0 Å². The van der Waals surface area contributed by atoms with Crippen LogP contribution in [-0.4, -0.2) is 14.2 Å². The van der Waals surface area contributed by atoms with Gasteiger partial charge in [-0.1, -0.05) is 0 Å². The highest BCUT2D eigenvalue weighted by molar-refractivity contribution is 9.10. The van der Waals surface area contributed by atoms with Gasteiger partial charge in [-0.25, -0.2) is 4.52 Å². The Morgan fingerprint density at radius 3 is 3.00 bits per heavy atom. The Labute approximate surface area is 109 Å². The highest BCUT2D eigenvalue weighted by atomic mass is 79.9. The number of fused-ring (bicyclic) bond motifs is 1. The molecule has 0 saturated heterocycles. The maximum atomic E-state index is 12.1. The molecule has 0 aliphatic carbocycles. The van der Waals surface area contributed by atoms with E-state index in [-0.39, 0.29) is 5.56 Å². The number of thiophene rings is 1. The third-order valence-corrected chi connectivity index (χ3v) is 4.45. The molecule has 0 unspecified atom stereocenters. The van der Waals surface area contributed by atoms with Gasteiger partial charge in [0.15, 0.2) is 0 Å². The van der Waals surface area contributed by atoms with E-state index in [1.54, 1.807) is 45.1 Å². The highest BCUT2D eigenvalue weighted by Crippen LogP contribution is 2.23. The number of aromatic nitrogens is 3. The molecule has 4 nitrogen and oxygen atoms in total. The predicted molar refractivity (Wildman–Crippen MR) is 70.6 cm³/mol. The highest BCUT2D eigenvalue weighted by Gasteiger charge is 2.06. The molecule has 3 aromatic heterocycles. The Hall–Kier alpha value is -1.40. The number of hydrogen-bond donors (Lipinski definition) is 0. The first-order chi connectivity index (χ1) is 8.25. The minimum Gasteiger partial charge on any atom is -0.307 e. The second kappa shape index (κ2) is 4.12. The molecule has 0 aromatic carbocycles. The zero-order chi connectivity index (χ0) is 11.8. The van der Waals surface area contributed by atoms with Crippen LogP contribution in [0, 0.1) is 0 Å². The van der Waals surface area contributed by atoms with E-state index in [0.717, 1.165) is 9.35 Å². The first-order valence-electron chi connectivity index (χ1n) is 5.00. The van der Waals surface area contributed by atoms with Crippen LogP contribution in [0.2, 0.25) is 0 Å². The summed E-state index contributed by atoms with van der Waals surface area (Å²) in [5.41, 5.74) is 0.575. The van der Waals surface area contributed by atoms with E-state index in [1.165, 1.54) is 0 Å². The van der Waals surface area contributed by atoms with E-state index in [9.17, 15) is 4.79 Å². The topological polar surface area (TPSA) is 39.3 Å². The third-order valence-electron chi connectivity index (χ3n) is 2.54. The molecule has 0 spiro atoms. The summed E-state index contributed by atoms with van der Waals surface area (Å²) in [6.45, 7) is 0.582. The van der Waals surface area contributed by atoms with Crippen LogP contribution in [0.25, 0.3) is 5.52 Å². The van der Waals surface area contributed by atoms with Crippen molar-refractivity contribution >= 4 is 32.8 Å². The van der Waals surface area contributed by atoms with Gasteiger partial charge < -0.3 is 4.57 Å². The normalized spacial score (nSPS) is 11.1. The van der Waals surface area contributed by atoms with Gasteiger partial charge in [-0.15, -0.1) is 11.3 Å². The molecule has 0 aliphatic heterocycles. The summed E-state index contributed by atoms with van der Waals surface area (Å²) in [6, 6.07) is 3.71. The molecule has 0 N–H and O–H groups in total. The zero-order valence-corrected chi connectivity index (χ0v) is 11.1. The molecular weight excluding hydrogens is 302 g/mol. The van der Waals surface area contributed by atoms with Crippen molar-refractivity contribution in [2.45, 2.75) is 6.54 Å². The van der Waals surface area contributed by atoms with Crippen LogP contribution in [0.1, 0.15) is 4.88 Å². The third kappa shape index (κ3) is 1.83.